The molecule has 0 bridgehead atoms. The van der Waals surface area contributed by atoms with E-state index in [0.717, 1.165) is 18.4 Å². The Morgan fingerprint density at radius 3 is 2.42 bits per heavy atom. The molecule has 1 unspecified atom stereocenters. The highest BCUT2D eigenvalue weighted by molar-refractivity contribution is 5.86. The van der Waals surface area contributed by atoms with Crippen molar-refractivity contribution in [3.05, 3.63) is 35.1 Å². The summed E-state index contributed by atoms with van der Waals surface area (Å²) < 4.78 is 19.2. The standard InChI is InChI=1S/C25H36FN3O4/c1-17-8-9-18(15-20(17)26)16-27-22(30)19-10-13-28(14-11-19)23(31)21-7-5-6-12-29(21)24(32)33-25(2,3)4/h8-9,15,19,21H,5-7,10-14,16H2,1-4H3,(H,27,30). The molecule has 0 saturated carbocycles. The van der Waals surface area contributed by atoms with Crippen molar-refractivity contribution in [2.45, 2.75) is 78.0 Å². The summed E-state index contributed by atoms with van der Waals surface area (Å²) in [5.74, 6) is -0.597. The summed E-state index contributed by atoms with van der Waals surface area (Å²) in [5.41, 5.74) is 0.682. The molecule has 0 spiro atoms. The van der Waals surface area contributed by atoms with Crippen LogP contribution in [0.5, 0.6) is 0 Å². The molecule has 2 heterocycles. The molecule has 7 nitrogen and oxygen atoms in total. The fraction of sp³-hybridized carbons (Fsp3) is 0.640. The van der Waals surface area contributed by atoms with Gasteiger partial charge in [-0.2, -0.15) is 0 Å². The summed E-state index contributed by atoms with van der Waals surface area (Å²) in [4.78, 5) is 41.8. The van der Waals surface area contributed by atoms with Gasteiger partial charge in [-0.15, -0.1) is 0 Å². The molecule has 3 rings (SSSR count). The number of rotatable bonds is 4. The second-order valence-electron chi connectivity index (χ2n) is 10.1. The van der Waals surface area contributed by atoms with Gasteiger partial charge >= 0.3 is 6.09 Å². The number of benzene rings is 1. The van der Waals surface area contributed by atoms with Crippen LogP contribution in [-0.4, -0.2) is 59.0 Å². The molecule has 2 fully saturated rings. The number of piperidine rings is 2. The maximum atomic E-state index is 13.7. The van der Waals surface area contributed by atoms with Gasteiger partial charge in [-0.3, -0.25) is 14.5 Å². The van der Waals surface area contributed by atoms with Crippen LogP contribution in [0, 0.1) is 18.7 Å². The topological polar surface area (TPSA) is 79.0 Å². The summed E-state index contributed by atoms with van der Waals surface area (Å²) in [6, 6.07) is 4.44. The molecule has 8 heteroatoms. The summed E-state index contributed by atoms with van der Waals surface area (Å²) >= 11 is 0. The number of amides is 3. The molecule has 0 aromatic heterocycles. The molecule has 0 aliphatic carbocycles. The number of nitrogens with one attached hydrogen (secondary N) is 1. The van der Waals surface area contributed by atoms with Crippen molar-refractivity contribution in [2.75, 3.05) is 19.6 Å². The van der Waals surface area contributed by atoms with E-state index in [2.05, 4.69) is 5.32 Å². The number of ether oxygens (including phenoxy) is 1. The van der Waals surface area contributed by atoms with E-state index >= 15 is 0 Å². The zero-order valence-corrected chi connectivity index (χ0v) is 20.2. The Bertz CT molecular complexity index is 875. The SMILES string of the molecule is Cc1ccc(CNC(=O)C2CCN(C(=O)C3CCCCN3C(=O)OC(C)(C)C)CC2)cc1F. The van der Waals surface area contributed by atoms with Gasteiger partial charge in [0.1, 0.15) is 17.5 Å². The predicted octanol–water partition coefficient (Wildman–Crippen LogP) is 3.78. The molecule has 1 atom stereocenters. The Balaban J connectivity index is 1.51. The minimum Gasteiger partial charge on any atom is -0.444 e. The Hall–Kier alpha value is -2.64. The third-order valence-corrected chi connectivity index (χ3v) is 6.30. The summed E-state index contributed by atoms with van der Waals surface area (Å²) in [7, 11) is 0. The number of nitrogens with zero attached hydrogens (tertiary/aromatic N) is 2. The van der Waals surface area contributed by atoms with Crippen LogP contribution in [0.15, 0.2) is 18.2 Å². The van der Waals surface area contributed by atoms with Crippen LogP contribution in [0.1, 0.15) is 64.0 Å². The van der Waals surface area contributed by atoms with E-state index in [1.54, 1.807) is 28.9 Å². The molecular weight excluding hydrogens is 425 g/mol. The van der Waals surface area contributed by atoms with Gasteiger partial charge in [-0.1, -0.05) is 12.1 Å². The van der Waals surface area contributed by atoms with Crippen molar-refractivity contribution in [1.82, 2.24) is 15.1 Å². The molecule has 2 aliphatic heterocycles. The van der Waals surface area contributed by atoms with Gasteiger partial charge in [0.05, 0.1) is 0 Å². The van der Waals surface area contributed by atoms with Crippen molar-refractivity contribution in [3.63, 3.8) is 0 Å². The Morgan fingerprint density at radius 2 is 1.79 bits per heavy atom. The van der Waals surface area contributed by atoms with Crippen molar-refractivity contribution < 1.29 is 23.5 Å². The first-order valence-electron chi connectivity index (χ1n) is 11.9. The summed E-state index contributed by atoms with van der Waals surface area (Å²) in [6.45, 7) is 8.91. The molecule has 33 heavy (non-hydrogen) atoms. The van der Waals surface area contributed by atoms with Gasteiger partial charge in [-0.25, -0.2) is 9.18 Å². The van der Waals surface area contributed by atoms with Gasteiger partial charge in [0, 0.05) is 32.1 Å². The van der Waals surface area contributed by atoms with Gasteiger partial charge in [0.15, 0.2) is 0 Å². The van der Waals surface area contributed by atoms with Gasteiger partial charge in [-0.05, 0) is 77.0 Å². The van der Waals surface area contributed by atoms with Crippen LogP contribution in [0.25, 0.3) is 0 Å². The van der Waals surface area contributed by atoms with Crippen LogP contribution in [0.3, 0.4) is 0 Å². The van der Waals surface area contributed by atoms with E-state index in [0.29, 0.717) is 44.5 Å². The molecule has 1 aromatic carbocycles. The molecular formula is C25H36FN3O4. The van der Waals surface area contributed by atoms with E-state index in [-0.39, 0.29) is 30.1 Å². The van der Waals surface area contributed by atoms with Crippen LogP contribution in [0.4, 0.5) is 9.18 Å². The lowest BCUT2D eigenvalue weighted by molar-refractivity contribution is -0.141. The highest BCUT2D eigenvalue weighted by Gasteiger charge is 2.38. The van der Waals surface area contributed by atoms with Crippen LogP contribution >= 0.6 is 0 Å². The summed E-state index contributed by atoms with van der Waals surface area (Å²) in [5, 5.41) is 2.89. The fourth-order valence-corrected chi connectivity index (χ4v) is 4.38. The fourth-order valence-electron chi connectivity index (χ4n) is 4.38. The minimum atomic E-state index is -0.613. The molecule has 2 aliphatic rings. The average molecular weight is 462 g/mol. The van der Waals surface area contributed by atoms with E-state index < -0.39 is 17.7 Å². The Kier molecular flexibility index (Phi) is 7.97. The average Bonchev–Trinajstić information content (AvgIpc) is 2.78. The highest BCUT2D eigenvalue weighted by atomic mass is 19.1. The normalized spacial score (nSPS) is 19.8. The number of halogens is 1. The van der Waals surface area contributed by atoms with Crippen LogP contribution < -0.4 is 5.32 Å². The third-order valence-electron chi connectivity index (χ3n) is 6.30. The van der Waals surface area contributed by atoms with Crippen LogP contribution in [0.2, 0.25) is 0 Å². The first-order chi connectivity index (χ1) is 15.5. The third kappa shape index (κ3) is 6.68. The predicted molar refractivity (Wildman–Crippen MR) is 123 cm³/mol. The first-order valence-corrected chi connectivity index (χ1v) is 11.9. The van der Waals surface area contributed by atoms with Crippen molar-refractivity contribution in [2.24, 2.45) is 5.92 Å². The Labute approximate surface area is 195 Å². The second kappa shape index (κ2) is 10.5. The maximum absolute atomic E-state index is 13.7. The van der Waals surface area contributed by atoms with Crippen LogP contribution in [-0.2, 0) is 20.9 Å². The number of aryl methyl sites for hydroxylation is 1. The van der Waals surface area contributed by atoms with E-state index in [1.165, 1.54) is 6.07 Å². The van der Waals surface area contributed by atoms with E-state index in [9.17, 15) is 18.8 Å². The molecule has 1 aromatic rings. The first kappa shape index (κ1) is 25.0. The number of likely N-dealkylation sites (tertiary alicyclic amines) is 2. The maximum Gasteiger partial charge on any atom is 0.410 e. The highest BCUT2D eigenvalue weighted by Crippen LogP contribution is 2.25. The van der Waals surface area contributed by atoms with Crippen molar-refractivity contribution in [1.29, 1.82) is 0 Å². The number of hydrogen-bond donors (Lipinski definition) is 1. The lowest BCUT2D eigenvalue weighted by atomic mass is 9.94. The molecule has 1 N–H and O–H groups in total. The minimum absolute atomic E-state index is 0.0606. The van der Waals surface area contributed by atoms with E-state index in [1.807, 2.05) is 20.8 Å². The molecule has 2 saturated heterocycles. The largest absolute Gasteiger partial charge is 0.444 e. The quantitative estimate of drug-likeness (QED) is 0.740. The molecule has 3 amide bonds. The number of hydrogen-bond acceptors (Lipinski definition) is 4. The lowest BCUT2D eigenvalue weighted by Gasteiger charge is -2.40. The zero-order chi connectivity index (χ0) is 24.2. The molecule has 182 valence electrons. The lowest BCUT2D eigenvalue weighted by Crippen LogP contribution is -2.55. The smallest absolute Gasteiger partial charge is 0.410 e. The second-order valence-corrected chi connectivity index (χ2v) is 10.1. The van der Waals surface area contributed by atoms with E-state index in [4.69, 9.17) is 4.74 Å². The molecule has 0 radical (unpaired) electrons. The van der Waals surface area contributed by atoms with Gasteiger partial charge in [0.25, 0.3) is 0 Å². The Morgan fingerprint density at radius 1 is 1.09 bits per heavy atom. The van der Waals surface area contributed by atoms with Crippen molar-refractivity contribution in [3.8, 4) is 0 Å². The van der Waals surface area contributed by atoms with Gasteiger partial charge < -0.3 is 15.0 Å². The summed E-state index contributed by atoms with van der Waals surface area (Å²) in [6.07, 6.45) is 3.08. The monoisotopic (exact) mass is 461 g/mol. The number of carbonyl (C=O) groups excluding carboxylic acids is 3. The van der Waals surface area contributed by atoms with Crippen molar-refractivity contribution >= 4 is 17.9 Å². The van der Waals surface area contributed by atoms with Gasteiger partial charge in [0.2, 0.25) is 11.8 Å². The number of carbonyl (C=O) groups is 3. The zero-order valence-electron chi connectivity index (χ0n) is 20.2.